The predicted molar refractivity (Wildman–Crippen MR) is 40.1 cm³/mol. The van der Waals surface area contributed by atoms with E-state index in [1.807, 2.05) is 0 Å². The molecule has 1 aliphatic heterocycles. The zero-order valence-corrected chi connectivity index (χ0v) is 6.34. The lowest BCUT2D eigenvalue weighted by atomic mass is 10.0. The number of nitrogens with zero attached hydrogens (tertiary/aromatic N) is 1. The van der Waals surface area contributed by atoms with Crippen molar-refractivity contribution < 1.29 is 4.74 Å². The maximum Gasteiger partial charge on any atom is 0.186 e. The highest BCUT2D eigenvalue weighted by Gasteiger charge is 2.32. The highest BCUT2D eigenvalue weighted by atomic mass is 16.5. The first-order valence-corrected chi connectivity index (χ1v) is 3.98. The number of rotatable bonds is 0. The molecule has 2 aliphatic rings. The van der Waals surface area contributed by atoms with Crippen molar-refractivity contribution in [2.45, 2.75) is 19.3 Å². The van der Waals surface area contributed by atoms with Gasteiger partial charge in [0.25, 0.3) is 0 Å². The summed E-state index contributed by atoms with van der Waals surface area (Å²) in [6, 6.07) is 0. The Bertz CT molecular complexity index is 165. The molecule has 2 bridgehead atoms. The topological polar surface area (TPSA) is 21.6 Å². The molecule has 2 heteroatoms. The van der Waals surface area contributed by atoms with Crippen LogP contribution < -0.4 is 0 Å². The van der Waals surface area contributed by atoms with Crippen molar-refractivity contribution in [3.05, 3.63) is 0 Å². The monoisotopic (exact) mass is 139 g/mol. The van der Waals surface area contributed by atoms with Crippen molar-refractivity contribution in [1.82, 2.24) is 0 Å². The van der Waals surface area contributed by atoms with Gasteiger partial charge in [-0.25, -0.2) is 0 Å². The van der Waals surface area contributed by atoms with Gasteiger partial charge in [0.05, 0.1) is 7.11 Å². The molecule has 1 aliphatic carbocycles. The fraction of sp³-hybridized carbons (Fsp3) is 0.875. The lowest BCUT2D eigenvalue weighted by molar-refractivity contribution is 0.349. The summed E-state index contributed by atoms with van der Waals surface area (Å²) in [7, 11) is 1.73. The van der Waals surface area contributed by atoms with Gasteiger partial charge in [0, 0.05) is 12.5 Å². The van der Waals surface area contributed by atoms with Crippen LogP contribution in [0.4, 0.5) is 0 Å². The summed E-state index contributed by atoms with van der Waals surface area (Å²) in [5.74, 6) is 2.56. The zero-order valence-electron chi connectivity index (χ0n) is 6.34. The molecule has 2 nitrogen and oxygen atoms in total. The average Bonchev–Trinajstić information content (AvgIpc) is 2.34. The third-order valence-electron chi connectivity index (χ3n) is 2.60. The van der Waals surface area contributed by atoms with Crippen molar-refractivity contribution in [2.24, 2.45) is 16.8 Å². The minimum atomic E-state index is 0.670. The molecule has 10 heavy (non-hydrogen) atoms. The molecule has 56 valence electrons. The van der Waals surface area contributed by atoms with Crippen LogP contribution in [0.1, 0.15) is 19.3 Å². The van der Waals surface area contributed by atoms with Crippen LogP contribution in [0.15, 0.2) is 4.99 Å². The maximum absolute atomic E-state index is 5.17. The molecule has 0 N–H and O–H groups in total. The summed E-state index contributed by atoms with van der Waals surface area (Å²) in [6.45, 7) is 1.01. The van der Waals surface area contributed by atoms with Crippen LogP contribution in [0.2, 0.25) is 0 Å². The van der Waals surface area contributed by atoms with Crippen LogP contribution in [0.3, 0.4) is 0 Å². The fourth-order valence-corrected chi connectivity index (χ4v) is 2.04. The highest BCUT2D eigenvalue weighted by Crippen LogP contribution is 2.35. The Morgan fingerprint density at radius 1 is 1.50 bits per heavy atom. The van der Waals surface area contributed by atoms with Gasteiger partial charge in [-0.3, -0.25) is 4.99 Å². The van der Waals surface area contributed by atoms with E-state index < -0.39 is 0 Å². The van der Waals surface area contributed by atoms with Gasteiger partial charge in [-0.1, -0.05) is 0 Å². The summed E-state index contributed by atoms with van der Waals surface area (Å²) in [5, 5.41) is 0. The average molecular weight is 139 g/mol. The number of hydrogen-bond donors (Lipinski definition) is 0. The Morgan fingerprint density at radius 3 is 3.20 bits per heavy atom. The number of aliphatic imine (C=N–C) groups is 1. The predicted octanol–water partition coefficient (Wildman–Crippen LogP) is 1.46. The molecule has 0 radical (unpaired) electrons. The number of ether oxygens (including phenoxy) is 1. The Labute approximate surface area is 61.3 Å². The first-order valence-electron chi connectivity index (χ1n) is 3.98. The maximum atomic E-state index is 5.17. The first kappa shape index (κ1) is 6.20. The minimum Gasteiger partial charge on any atom is -0.484 e. The Balaban J connectivity index is 2.14. The Kier molecular flexibility index (Phi) is 1.40. The van der Waals surface area contributed by atoms with E-state index in [9.17, 15) is 0 Å². The van der Waals surface area contributed by atoms with Gasteiger partial charge in [0.2, 0.25) is 0 Å². The summed E-state index contributed by atoms with van der Waals surface area (Å²) in [5.41, 5.74) is 0. The molecule has 2 atom stereocenters. The molecule has 2 unspecified atom stereocenters. The van der Waals surface area contributed by atoms with Crippen molar-refractivity contribution in [2.75, 3.05) is 13.7 Å². The van der Waals surface area contributed by atoms with E-state index in [4.69, 9.17) is 4.74 Å². The van der Waals surface area contributed by atoms with Gasteiger partial charge in [-0.15, -0.1) is 0 Å². The second kappa shape index (κ2) is 2.26. The smallest absolute Gasteiger partial charge is 0.186 e. The third kappa shape index (κ3) is 0.825. The Hall–Kier alpha value is -0.530. The minimum absolute atomic E-state index is 0.670. The van der Waals surface area contributed by atoms with Gasteiger partial charge < -0.3 is 4.74 Å². The van der Waals surface area contributed by atoms with Crippen molar-refractivity contribution in [1.29, 1.82) is 0 Å². The number of methoxy groups -OCH3 is 1. The van der Waals surface area contributed by atoms with Gasteiger partial charge in [0.1, 0.15) is 0 Å². The Morgan fingerprint density at radius 2 is 2.40 bits per heavy atom. The van der Waals surface area contributed by atoms with E-state index in [0.29, 0.717) is 5.92 Å². The van der Waals surface area contributed by atoms with E-state index in [1.165, 1.54) is 19.3 Å². The van der Waals surface area contributed by atoms with Crippen molar-refractivity contribution in [3.63, 3.8) is 0 Å². The van der Waals surface area contributed by atoms with E-state index in [0.717, 1.165) is 18.4 Å². The van der Waals surface area contributed by atoms with Gasteiger partial charge >= 0.3 is 0 Å². The van der Waals surface area contributed by atoms with Gasteiger partial charge in [-0.05, 0) is 25.2 Å². The normalized spacial score (nSPS) is 37.5. The molecule has 2 rings (SSSR count). The summed E-state index contributed by atoms with van der Waals surface area (Å²) >= 11 is 0. The molecular weight excluding hydrogens is 126 g/mol. The second-order valence-electron chi connectivity index (χ2n) is 3.26. The largest absolute Gasteiger partial charge is 0.484 e. The van der Waals surface area contributed by atoms with Crippen LogP contribution in [0.5, 0.6) is 0 Å². The summed E-state index contributed by atoms with van der Waals surface area (Å²) in [4.78, 5) is 4.37. The zero-order chi connectivity index (χ0) is 6.97. The summed E-state index contributed by atoms with van der Waals surface area (Å²) in [6.07, 6.45) is 3.99. The molecule has 0 saturated heterocycles. The third-order valence-corrected chi connectivity index (χ3v) is 2.60. The molecule has 1 heterocycles. The fourth-order valence-electron chi connectivity index (χ4n) is 2.04. The van der Waals surface area contributed by atoms with Crippen LogP contribution >= 0.6 is 0 Å². The van der Waals surface area contributed by atoms with E-state index in [1.54, 1.807) is 7.11 Å². The molecule has 1 fully saturated rings. The molecule has 1 saturated carbocycles. The quantitative estimate of drug-likeness (QED) is 0.498. The van der Waals surface area contributed by atoms with E-state index in [2.05, 4.69) is 4.99 Å². The van der Waals surface area contributed by atoms with Gasteiger partial charge in [-0.2, -0.15) is 0 Å². The van der Waals surface area contributed by atoms with Crippen LogP contribution in [0, 0.1) is 11.8 Å². The second-order valence-corrected chi connectivity index (χ2v) is 3.26. The van der Waals surface area contributed by atoms with E-state index in [-0.39, 0.29) is 0 Å². The van der Waals surface area contributed by atoms with Crippen LogP contribution in [0.25, 0.3) is 0 Å². The van der Waals surface area contributed by atoms with E-state index >= 15 is 0 Å². The number of hydrogen-bond acceptors (Lipinski definition) is 2. The van der Waals surface area contributed by atoms with Crippen molar-refractivity contribution >= 4 is 5.90 Å². The van der Waals surface area contributed by atoms with Gasteiger partial charge in [0.15, 0.2) is 5.90 Å². The molecule has 0 aromatic carbocycles. The van der Waals surface area contributed by atoms with Crippen LogP contribution in [-0.2, 0) is 4.74 Å². The molecule has 0 aromatic heterocycles. The number of fused-ring (bicyclic) bond motifs is 2. The lowest BCUT2D eigenvalue weighted by Crippen LogP contribution is -2.19. The first-order chi connectivity index (χ1) is 4.90. The van der Waals surface area contributed by atoms with Crippen molar-refractivity contribution in [3.8, 4) is 0 Å². The van der Waals surface area contributed by atoms with Crippen LogP contribution in [-0.4, -0.2) is 19.6 Å². The highest BCUT2D eigenvalue weighted by molar-refractivity contribution is 5.79. The standard InChI is InChI=1S/C8H13NO/c1-10-8-7-3-2-6(4-7)5-9-8/h6-7H,2-5H2,1H3. The molecular formula is C8H13NO. The lowest BCUT2D eigenvalue weighted by Gasteiger charge is -2.17. The summed E-state index contributed by atoms with van der Waals surface area (Å²) < 4.78 is 5.17. The molecule has 0 aromatic rings. The SMILES string of the molecule is COC1=NCC2CCC1C2. The molecule has 0 spiro atoms. The molecule has 0 amide bonds.